The second-order valence-corrected chi connectivity index (χ2v) is 8.87. The van der Waals surface area contributed by atoms with Gasteiger partial charge in [0.05, 0.1) is 24.4 Å². The van der Waals surface area contributed by atoms with E-state index in [9.17, 15) is 4.79 Å². The Bertz CT molecular complexity index is 1380. The third kappa shape index (κ3) is 6.24. The molecule has 0 atom stereocenters. The molecule has 0 aliphatic heterocycles. The molecule has 0 radical (unpaired) electrons. The van der Waals surface area contributed by atoms with Crippen LogP contribution in [0.3, 0.4) is 0 Å². The fourth-order valence-corrected chi connectivity index (χ4v) is 4.26. The number of rotatable bonds is 9. The quantitative estimate of drug-likeness (QED) is 0.173. The minimum atomic E-state index is -0.223. The van der Waals surface area contributed by atoms with Crippen molar-refractivity contribution >= 4 is 52.1 Å². The van der Waals surface area contributed by atoms with Crippen LogP contribution in [-0.2, 0) is 16.1 Å². The molecule has 180 valence electrons. The van der Waals surface area contributed by atoms with Crippen LogP contribution >= 0.6 is 23.2 Å². The van der Waals surface area contributed by atoms with Gasteiger partial charge < -0.3 is 14.0 Å². The summed E-state index contributed by atoms with van der Waals surface area (Å²) in [5.74, 6) is 1.41. The van der Waals surface area contributed by atoms with Crippen LogP contribution in [0.4, 0.5) is 0 Å². The number of aryl methyl sites for hydroxylation is 1. The molecule has 4 aromatic rings. The number of nitrogens with zero attached hydrogens (tertiary/aromatic N) is 2. The Kier molecular flexibility index (Phi) is 8.11. The molecule has 1 aromatic heterocycles. The van der Waals surface area contributed by atoms with E-state index in [4.69, 9.17) is 32.9 Å². The maximum Gasteiger partial charge on any atom is 0.305 e. The van der Waals surface area contributed by atoms with E-state index in [0.29, 0.717) is 29.5 Å². The normalized spacial score (nSPS) is 11.3. The molecule has 0 bridgehead atoms. The van der Waals surface area contributed by atoms with Gasteiger partial charge in [0.2, 0.25) is 0 Å². The zero-order valence-electron chi connectivity index (χ0n) is 19.6. The Labute approximate surface area is 214 Å². The molecule has 7 heteroatoms. The summed E-state index contributed by atoms with van der Waals surface area (Å²) < 4.78 is 12.5. The first kappa shape index (κ1) is 24.8. The van der Waals surface area contributed by atoms with Crippen molar-refractivity contribution in [1.29, 1.82) is 0 Å². The zero-order valence-corrected chi connectivity index (χ0v) is 21.1. The molecule has 0 aliphatic rings. The van der Waals surface area contributed by atoms with Gasteiger partial charge in [0.1, 0.15) is 11.6 Å². The Balaban J connectivity index is 1.48. The zero-order chi connectivity index (χ0) is 24.8. The highest BCUT2D eigenvalue weighted by Crippen LogP contribution is 2.30. The molecule has 0 aliphatic carbocycles. The monoisotopic (exact) mass is 508 g/mol. The molecule has 0 amide bonds. The van der Waals surface area contributed by atoms with Gasteiger partial charge in [0, 0.05) is 29.7 Å². The lowest BCUT2D eigenvalue weighted by Crippen LogP contribution is -2.04. The molecule has 0 N–H and O–H groups in total. The standard InChI is InChI=1S/C28H26Cl2N2O3/c1-3-32-18-26(24-12-10-22(29)17-25(24)30)31-27(32)13-7-19-6-8-21-16-23(11-9-20(21)15-19)35-14-4-5-28(33)34-2/h6-13,15-18H,3-5,14H2,1-2H3/b13-7+. The van der Waals surface area contributed by atoms with Crippen molar-refractivity contribution in [2.45, 2.75) is 26.3 Å². The highest BCUT2D eigenvalue weighted by molar-refractivity contribution is 6.36. The minimum Gasteiger partial charge on any atom is -0.494 e. The molecule has 35 heavy (non-hydrogen) atoms. The maximum atomic E-state index is 11.2. The molecular weight excluding hydrogens is 483 g/mol. The lowest BCUT2D eigenvalue weighted by atomic mass is 10.1. The van der Waals surface area contributed by atoms with Crippen molar-refractivity contribution in [3.8, 4) is 17.0 Å². The maximum absolute atomic E-state index is 11.2. The Morgan fingerprint density at radius 2 is 1.83 bits per heavy atom. The number of imidazole rings is 1. The van der Waals surface area contributed by atoms with E-state index in [0.717, 1.165) is 45.7 Å². The summed E-state index contributed by atoms with van der Waals surface area (Å²) in [7, 11) is 1.39. The second kappa shape index (κ2) is 11.4. The van der Waals surface area contributed by atoms with Gasteiger partial charge in [0.25, 0.3) is 0 Å². The number of hydrogen-bond donors (Lipinski definition) is 0. The minimum absolute atomic E-state index is 0.223. The van der Waals surface area contributed by atoms with E-state index < -0.39 is 0 Å². The predicted molar refractivity (Wildman–Crippen MR) is 143 cm³/mol. The van der Waals surface area contributed by atoms with Crippen LogP contribution in [0.15, 0.2) is 60.8 Å². The van der Waals surface area contributed by atoms with Crippen LogP contribution < -0.4 is 4.74 Å². The predicted octanol–water partition coefficient (Wildman–Crippen LogP) is 7.53. The number of halogens is 2. The molecule has 0 fully saturated rings. The van der Waals surface area contributed by atoms with E-state index >= 15 is 0 Å². The van der Waals surface area contributed by atoms with E-state index in [-0.39, 0.29) is 5.97 Å². The number of carbonyl (C=O) groups is 1. The summed E-state index contributed by atoms with van der Waals surface area (Å²) in [6.45, 7) is 3.34. The molecule has 0 spiro atoms. The van der Waals surface area contributed by atoms with Gasteiger partial charge in [-0.05, 0) is 72.2 Å². The number of carbonyl (C=O) groups excluding carboxylic acids is 1. The highest BCUT2D eigenvalue weighted by atomic mass is 35.5. The van der Waals surface area contributed by atoms with E-state index in [1.54, 1.807) is 6.07 Å². The van der Waals surface area contributed by atoms with Crippen molar-refractivity contribution in [3.63, 3.8) is 0 Å². The van der Waals surface area contributed by atoms with Crippen molar-refractivity contribution in [2.24, 2.45) is 0 Å². The van der Waals surface area contributed by atoms with Gasteiger partial charge in [-0.25, -0.2) is 4.98 Å². The van der Waals surface area contributed by atoms with Crippen LogP contribution in [0.2, 0.25) is 10.0 Å². The van der Waals surface area contributed by atoms with E-state index in [2.05, 4.69) is 40.5 Å². The summed E-state index contributed by atoms with van der Waals surface area (Å²) in [5.41, 5.74) is 2.73. The molecule has 0 unspecified atom stereocenters. The molecule has 3 aromatic carbocycles. The number of esters is 1. The van der Waals surface area contributed by atoms with Crippen molar-refractivity contribution in [1.82, 2.24) is 9.55 Å². The van der Waals surface area contributed by atoms with Crippen LogP contribution in [0.25, 0.3) is 34.2 Å². The fourth-order valence-electron chi connectivity index (χ4n) is 3.76. The van der Waals surface area contributed by atoms with E-state index in [1.807, 2.05) is 42.6 Å². The SMILES string of the molecule is CCn1cc(-c2ccc(Cl)cc2Cl)nc1/C=C/c1ccc2cc(OCCCC(=O)OC)ccc2c1. The van der Waals surface area contributed by atoms with Crippen LogP contribution in [-0.4, -0.2) is 29.2 Å². The van der Waals surface area contributed by atoms with Crippen LogP contribution in [0.1, 0.15) is 31.2 Å². The lowest BCUT2D eigenvalue weighted by molar-refractivity contribution is -0.140. The van der Waals surface area contributed by atoms with Crippen LogP contribution in [0.5, 0.6) is 5.75 Å². The summed E-state index contributed by atoms with van der Waals surface area (Å²) in [6.07, 6.45) is 7.04. The molecule has 5 nitrogen and oxygen atoms in total. The fraction of sp³-hybridized carbons (Fsp3) is 0.214. The summed E-state index contributed by atoms with van der Waals surface area (Å²) in [4.78, 5) is 16.0. The molecule has 4 rings (SSSR count). The third-order valence-electron chi connectivity index (χ3n) is 5.64. The number of methoxy groups -OCH3 is 1. The Hall–Kier alpha value is -3.28. The smallest absolute Gasteiger partial charge is 0.305 e. The highest BCUT2D eigenvalue weighted by Gasteiger charge is 2.10. The number of aromatic nitrogens is 2. The lowest BCUT2D eigenvalue weighted by Gasteiger charge is -2.07. The first-order chi connectivity index (χ1) is 17.0. The van der Waals surface area contributed by atoms with Gasteiger partial charge in [-0.1, -0.05) is 47.5 Å². The first-order valence-electron chi connectivity index (χ1n) is 11.4. The number of ether oxygens (including phenoxy) is 2. The van der Waals surface area contributed by atoms with Gasteiger partial charge in [-0.2, -0.15) is 0 Å². The molecule has 0 saturated carbocycles. The summed E-state index contributed by atoms with van der Waals surface area (Å²) in [5, 5.41) is 3.38. The second-order valence-electron chi connectivity index (χ2n) is 8.02. The first-order valence-corrected chi connectivity index (χ1v) is 12.2. The molecule has 0 saturated heterocycles. The average molecular weight is 509 g/mol. The molecule has 1 heterocycles. The topological polar surface area (TPSA) is 53.4 Å². The van der Waals surface area contributed by atoms with Crippen molar-refractivity contribution in [3.05, 3.63) is 82.2 Å². The summed E-state index contributed by atoms with van der Waals surface area (Å²) >= 11 is 12.4. The van der Waals surface area contributed by atoms with E-state index in [1.165, 1.54) is 7.11 Å². The van der Waals surface area contributed by atoms with Crippen molar-refractivity contribution in [2.75, 3.05) is 13.7 Å². The number of hydrogen-bond acceptors (Lipinski definition) is 4. The Morgan fingerprint density at radius 3 is 2.60 bits per heavy atom. The van der Waals surface area contributed by atoms with Crippen molar-refractivity contribution < 1.29 is 14.3 Å². The van der Waals surface area contributed by atoms with Crippen LogP contribution in [0, 0.1) is 0 Å². The third-order valence-corrected chi connectivity index (χ3v) is 6.19. The van der Waals surface area contributed by atoms with Gasteiger partial charge in [-0.15, -0.1) is 0 Å². The Morgan fingerprint density at radius 1 is 1.03 bits per heavy atom. The molecular formula is C28H26Cl2N2O3. The van der Waals surface area contributed by atoms with Gasteiger partial charge in [-0.3, -0.25) is 4.79 Å². The average Bonchev–Trinajstić information content (AvgIpc) is 3.28. The number of fused-ring (bicyclic) bond motifs is 1. The summed E-state index contributed by atoms with van der Waals surface area (Å²) in [6, 6.07) is 17.7. The largest absolute Gasteiger partial charge is 0.494 e. The number of benzene rings is 3. The van der Waals surface area contributed by atoms with Gasteiger partial charge >= 0.3 is 5.97 Å². The van der Waals surface area contributed by atoms with Gasteiger partial charge in [0.15, 0.2) is 0 Å².